The van der Waals surface area contributed by atoms with E-state index in [1.807, 2.05) is 0 Å². The molecule has 0 aliphatic rings. The monoisotopic (exact) mass is 925 g/mol. The van der Waals surface area contributed by atoms with E-state index in [9.17, 15) is 14.4 Å². The molecule has 0 aromatic rings. The second kappa shape index (κ2) is 55.0. The zero-order valence-electron chi connectivity index (χ0n) is 44.0. The molecule has 0 aliphatic carbocycles. The van der Waals surface area contributed by atoms with Gasteiger partial charge in [0.05, 0.1) is 0 Å². The fourth-order valence-electron chi connectivity index (χ4n) is 8.21. The van der Waals surface area contributed by atoms with Crippen molar-refractivity contribution in [2.45, 2.75) is 303 Å². The molecule has 0 fully saturated rings. The molecule has 6 heteroatoms. The van der Waals surface area contributed by atoms with Crippen LogP contribution in [0.25, 0.3) is 0 Å². The van der Waals surface area contributed by atoms with Gasteiger partial charge in [-0.15, -0.1) is 0 Å². The van der Waals surface area contributed by atoms with Crippen LogP contribution in [0.5, 0.6) is 0 Å². The Labute approximate surface area is 409 Å². The number of esters is 3. The number of rotatable bonds is 52. The molecule has 0 radical (unpaired) electrons. The molecule has 0 saturated heterocycles. The van der Waals surface area contributed by atoms with Crippen molar-refractivity contribution in [3.05, 3.63) is 48.6 Å². The van der Waals surface area contributed by atoms with Gasteiger partial charge in [-0.3, -0.25) is 14.4 Å². The van der Waals surface area contributed by atoms with Crippen LogP contribution in [0.1, 0.15) is 297 Å². The average molecular weight is 926 g/mol. The first-order chi connectivity index (χ1) is 32.5. The third-order valence-electron chi connectivity index (χ3n) is 12.6. The number of unbranched alkanes of at least 4 members (excludes halogenated alkanes) is 33. The minimum absolute atomic E-state index is 0.0760. The lowest BCUT2D eigenvalue weighted by Crippen LogP contribution is -2.30. The van der Waals surface area contributed by atoms with Gasteiger partial charge in [0, 0.05) is 19.3 Å². The minimum Gasteiger partial charge on any atom is -0.462 e. The van der Waals surface area contributed by atoms with Crippen molar-refractivity contribution < 1.29 is 28.6 Å². The van der Waals surface area contributed by atoms with Crippen LogP contribution in [0, 0.1) is 0 Å². The fraction of sp³-hybridized carbons (Fsp3) is 0.817. The lowest BCUT2D eigenvalue weighted by molar-refractivity contribution is -0.167. The molecule has 6 nitrogen and oxygen atoms in total. The number of carbonyl (C=O) groups excluding carboxylic acids is 3. The van der Waals surface area contributed by atoms with Crippen LogP contribution in [0.3, 0.4) is 0 Å². The van der Waals surface area contributed by atoms with Gasteiger partial charge in [0.1, 0.15) is 13.2 Å². The maximum Gasteiger partial charge on any atom is 0.306 e. The molecule has 0 saturated carbocycles. The van der Waals surface area contributed by atoms with Gasteiger partial charge in [0.25, 0.3) is 0 Å². The van der Waals surface area contributed by atoms with Crippen molar-refractivity contribution in [3.8, 4) is 0 Å². The summed E-state index contributed by atoms with van der Waals surface area (Å²) in [6.45, 7) is 6.61. The molecular weight excluding hydrogens is 817 g/mol. The molecular formula is C60H108O6. The SMILES string of the molecule is CCCCC/C=C\C/C=C\CCCCCCCCCC(=O)OC[C@@H](COC(=O)CCCCCCCCCCCCCCCC)OC(=O)CCCCCCCCC/C=C\C/C=C\CCCCC. The first kappa shape index (κ1) is 63.4. The Bertz CT molecular complexity index is 1150. The van der Waals surface area contributed by atoms with Crippen LogP contribution in [0.15, 0.2) is 48.6 Å². The van der Waals surface area contributed by atoms with Crippen LogP contribution in [0.2, 0.25) is 0 Å². The maximum atomic E-state index is 12.8. The smallest absolute Gasteiger partial charge is 0.306 e. The zero-order chi connectivity index (χ0) is 47.9. The fourth-order valence-corrected chi connectivity index (χ4v) is 8.21. The molecule has 0 bridgehead atoms. The lowest BCUT2D eigenvalue weighted by Gasteiger charge is -2.18. The van der Waals surface area contributed by atoms with Crippen molar-refractivity contribution >= 4 is 17.9 Å². The largest absolute Gasteiger partial charge is 0.462 e. The Balaban J connectivity index is 4.38. The average Bonchev–Trinajstić information content (AvgIpc) is 3.31. The van der Waals surface area contributed by atoms with Gasteiger partial charge in [0.15, 0.2) is 6.10 Å². The van der Waals surface area contributed by atoms with E-state index in [1.54, 1.807) is 0 Å². The first-order valence-electron chi connectivity index (χ1n) is 28.6. The van der Waals surface area contributed by atoms with E-state index in [0.29, 0.717) is 19.3 Å². The summed E-state index contributed by atoms with van der Waals surface area (Å²) in [6.07, 6.45) is 66.6. The lowest BCUT2D eigenvalue weighted by atomic mass is 10.0. The summed E-state index contributed by atoms with van der Waals surface area (Å²) in [6, 6.07) is 0. The van der Waals surface area contributed by atoms with E-state index in [2.05, 4.69) is 69.4 Å². The molecule has 384 valence electrons. The molecule has 66 heavy (non-hydrogen) atoms. The van der Waals surface area contributed by atoms with Gasteiger partial charge in [-0.05, 0) is 83.5 Å². The highest BCUT2D eigenvalue weighted by molar-refractivity contribution is 5.71. The Morgan fingerprint density at radius 1 is 0.303 bits per heavy atom. The number of hydrogen-bond acceptors (Lipinski definition) is 6. The molecule has 0 heterocycles. The van der Waals surface area contributed by atoms with Gasteiger partial charge in [-0.25, -0.2) is 0 Å². The Kier molecular flexibility index (Phi) is 52.8. The molecule has 0 amide bonds. The van der Waals surface area contributed by atoms with E-state index in [1.165, 1.54) is 173 Å². The van der Waals surface area contributed by atoms with E-state index in [-0.39, 0.29) is 31.1 Å². The Morgan fingerprint density at radius 2 is 0.545 bits per heavy atom. The normalized spacial score (nSPS) is 12.3. The predicted molar refractivity (Wildman–Crippen MR) is 284 cm³/mol. The van der Waals surface area contributed by atoms with Crippen molar-refractivity contribution in [2.75, 3.05) is 13.2 Å². The van der Waals surface area contributed by atoms with Gasteiger partial charge < -0.3 is 14.2 Å². The number of allylic oxidation sites excluding steroid dienone is 8. The first-order valence-corrected chi connectivity index (χ1v) is 28.6. The molecule has 0 spiro atoms. The molecule has 0 N–H and O–H groups in total. The quantitative estimate of drug-likeness (QED) is 0.0262. The van der Waals surface area contributed by atoms with Crippen molar-refractivity contribution in [3.63, 3.8) is 0 Å². The van der Waals surface area contributed by atoms with E-state index < -0.39 is 6.10 Å². The molecule has 0 aromatic carbocycles. The number of ether oxygens (including phenoxy) is 3. The highest BCUT2D eigenvalue weighted by Crippen LogP contribution is 2.16. The van der Waals surface area contributed by atoms with Gasteiger partial charge in [-0.2, -0.15) is 0 Å². The minimum atomic E-state index is -0.778. The molecule has 0 rings (SSSR count). The second-order valence-corrected chi connectivity index (χ2v) is 19.2. The maximum absolute atomic E-state index is 12.8. The number of carbonyl (C=O) groups is 3. The van der Waals surface area contributed by atoms with Gasteiger partial charge in [-0.1, -0.05) is 243 Å². The Hall–Kier alpha value is -2.63. The van der Waals surface area contributed by atoms with Crippen molar-refractivity contribution in [1.82, 2.24) is 0 Å². The standard InChI is InChI=1S/C60H108O6/c1-4-7-10-13-16-19-22-25-28-30-32-35-38-41-44-47-50-53-59(62)65-56-57(55-64-58(61)52-49-46-43-40-37-34-27-24-21-18-15-12-9-6-3)66-60(63)54-51-48-45-42-39-36-33-31-29-26-23-20-17-14-11-8-5-2/h16-17,19-20,25-26,28-29,57H,4-15,18,21-24,27,30-56H2,1-3H3/b19-16-,20-17-,28-25-,29-26-/t57-/m1/s1. The Morgan fingerprint density at radius 3 is 0.864 bits per heavy atom. The zero-order valence-corrected chi connectivity index (χ0v) is 44.0. The van der Waals surface area contributed by atoms with Crippen LogP contribution >= 0.6 is 0 Å². The number of hydrogen-bond donors (Lipinski definition) is 0. The molecule has 0 unspecified atom stereocenters. The summed E-state index contributed by atoms with van der Waals surface area (Å²) in [5, 5.41) is 0. The van der Waals surface area contributed by atoms with Crippen LogP contribution in [-0.2, 0) is 28.6 Å². The summed E-state index contributed by atoms with van der Waals surface area (Å²) in [5.74, 6) is -0.878. The summed E-state index contributed by atoms with van der Waals surface area (Å²) in [7, 11) is 0. The van der Waals surface area contributed by atoms with Crippen LogP contribution < -0.4 is 0 Å². The van der Waals surface area contributed by atoms with E-state index in [0.717, 1.165) is 83.5 Å². The third-order valence-corrected chi connectivity index (χ3v) is 12.6. The van der Waals surface area contributed by atoms with E-state index in [4.69, 9.17) is 14.2 Å². The molecule has 0 aromatic heterocycles. The summed E-state index contributed by atoms with van der Waals surface area (Å²) >= 11 is 0. The second-order valence-electron chi connectivity index (χ2n) is 19.2. The summed E-state index contributed by atoms with van der Waals surface area (Å²) < 4.78 is 16.9. The highest BCUT2D eigenvalue weighted by Gasteiger charge is 2.19. The summed E-state index contributed by atoms with van der Waals surface area (Å²) in [4.78, 5) is 38.1. The van der Waals surface area contributed by atoms with Crippen molar-refractivity contribution in [2.24, 2.45) is 0 Å². The highest BCUT2D eigenvalue weighted by atomic mass is 16.6. The van der Waals surface area contributed by atoms with Gasteiger partial charge >= 0.3 is 17.9 Å². The predicted octanol–water partition coefficient (Wildman–Crippen LogP) is 19.0. The molecule has 0 aliphatic heterocycles. The van der Waals surface area contributed by atoms with Crippen LogP contribution in [0.4, 0.5) is 0 Å². The molecule has 1 atom stereocenters. The summed E-state index contributed by atoms with van der Waals surface area (Å²) in [5.41, 5.74) is 0. The van der Waals surface area contributed by atoms with E-state index >= 15 is 0 Å². The van der Waals surface area contributed by atoms with Crippen LogP contribution in [-0.4, -0.2) is 37.2 Å². The third kappa shape index (κ3) is 52.3. The topological polar surface area (TPSA) is 78.9 Å². The van der Waals surface area contributed by atoms with Crippen molar-refractivity contribution in [1.29, 1.82) is 0 Å². The van der Waals surface area contributed by atoms with Gasteiger partial charge in [0.2, 0.25) is 0 Å².